The molecule has 7 heteroatoms. The minimum absolute atomic E-state index is 0.140. The van der Waals surface area contributed by atoms with Crippen molar-refractivity contribution < 1.29 is 14.3 Å². The lowest BCUT2D eigenvalue weighted by atomic mass is 10.2. The molecule has 3 rings (SSSR count). The van der Waals surface area contributed by atoms with Crippen LogP contribution in [0.4, 0.5) is 0 Å². The van der Waals surface area contributed by atoms with E-state index in [9.17, 15) is 9.59 Å². The molecule has 0 saturated heterocycles. The van der Waals surface area contributed by atoms with Gasteiger partial charge in [0.25, 0.3) is 5.56 Å². The van der Waals surface area contributed by atoms with Crippen LogP contribution in [0, 0.1) is 0 Å². The number of carbonyl (C=O) groups is 1. The largest absolute Gasteiger partial charge is 0.493 e. The zero-order valence-corrected chi connectivity index (χ0v) is 16.0. The van der Waals surface area contributed by atoms with Crippen molar-refractivity contribution in [2.24, 2.45) is 0 Å². The van der Waals surface area contributed by atoms with Crippen LogP contribution in [0.3, 0.4) is 0 Å². The summed E-state index contributed by atoms with van der Waals surface area (Å²) in [7, 11) is 1.58. The number of hydrogen-bond acceptors (Lipinski definition) is 5. The smallest absolute Gasteiger partial charge is 0.275 e. The van der Waals surface area contributed by atoms with Crippen molar-refractivity contribution in [2.75, 3.05) is 13.7 Å². The predicted octanol–water partition coefficient (Wildman–Crippen LogP) is 2.51. The molecule has 1 amide bonds. The number of nitrogens with zero attached hydrogens (tertiary/aromatic N) is 2. The number of methoxy groups -OCH3 is 1. The molecule has 0 bridgehead atoms. The van der Waals surface area contributed by atoms with Crippen molar-refractivity contribution in [2.45, 2.75) is 26.4 Å². The van der Waals surface area contributed by atoms with E-state index in [4.69, 9.17) is 9.47 Å². The van der Waals surface area contributed by atoms with E-state index < -0.39 is 0 Å². The van der Waals surface area contributed by atoms with E-state index in [-0.39, 0.29) is 18.0 Å². The second-order valence-electron chi connectivity index (χ2n) is 6.31. The number of hydrogen-bond donors (Lipinski definition) is 1. The molecule has 0 atom stereocenters. The standard InChI is InChI=1S/C21H23N3O4/c1-3-10-28-18-9-8-15(11-19(18)27-2)12-22-20(25)14-24-21(26)17-7-5-4-6-16(17)13-23-24/h4-9,11,13H,3,10,12,14H2,1-2H3,(H,22,25). The first-order valence-electron chi connectivity index (χ1n) is 9.13. The summed E-state index contributed by atoms with van der Waals surface area (Å²) in [4.78, 5) is 24.7. The minimum atomic E-state index is -0.296. The van der Waals surface area contributed by atoms with Crippen LogP contribution in [-0.2, 0) is 17.9 Å². The maximum atomic E-state index is 12.4. The molecule has 7 nitrogen and oxygen atoms in total. The van der Waals surface area contributed by atoms with Crippen molar-refractivity contribution in [3.63, 3.8) is 0 Å². The fourth-order valence-corrected chi connectivity index (χ4v) is 2.79. The molecule has 2 aromatic carbocycles. The highest BCUT2D eigenvalue weighted by molar-refractivity contribution is 5.81. The van der Waals surface area contributed by atoms with Gasteiger partial charge in [0.05, 0.1) is 25.3 Å². The van der Waals surface area contributed by atoms with Crippen molar-refractivity contribution >= 4 is 16.7 Å². The van der Waals surface area contributed by atoms with Crippen LogP contribution < -0.4 is 20.3 Å². The number of carbonyl (C=O) groups excluding carboxylic acids is 1. The molecular weight excluding hydrogens is 358 g/mol. The van der Waals surface area contributed by atoms with Crippen LogP contribution in [0.5, 0.6) is 11.5 Å². The molecule has 0 aliphatic rings. The van der Waals surface area contributed by atoms with Gasteiger partial charge in [-0.05, 0) is 30.2 Å². The Hall–Kier alpha value is -3.35. The van der Waals surface area contributed by atoms with Crippen LogP contribution in [0.2, 0.25) is 0 Å². The molecule has 0 radical (unpaired) electrons. The number of fused-ring (bicyclic) bond motifs is 1. The fourth-order valence-electron chi connectivity index (χ4n) is 2.79. The van der Waals surface area contributed by atoms with E-state index in [0.29, 0.717) is 30.0 Å². The molecule has 0 saturated carbocycles. The van der Waals surface area contributed by atoms with Gasteiger partial charge < -0.3 is 14.8 Å². The van der Waals surface area contributed by atoms with Gasteiger partial charge in [-0.2, -0.15) is 5.10 Å². The number of nitrogens with one attached hydrogen (secondary N) is 1. The second-order valence-corrected chi connectivity index (χ2v) is 6.31. The van der Waals surface area contributed by atoms with E-state index in [1.54, 1.807) is 25.4 Å². The van der Waals surface area contributed by atoms with Gasteiger partial charge >= 0.3 is 0 Å². The molecule has 0 aliphatic heterocycles. The van der Waals surface area contributed by atoms with Crippen LogP contribution in [-0.4, -0.2) is 29.4 Å². The van der Waals surface area contributed by atoms with Gasteiger partial charge in [-0.25, -0.2) is 4.68 Å². The second kappa shape index (κ2) is 9.03. The Bertz CT molecular complexity index is 1030. The number of amides is 1. The highest BCUT2D eigenvalue weighted by Crippen LogP contribution is 2.28. The molecule has 1 aromatic heterocycles. The van der Waals surface area contributed by atoms with Crippen LogP contribution in [0.1, 0.15) is 18.9 Å². The van der Waals surface area contributed by atoms with Crippen LogP contribution in [0.15, 0.2) is 53.5 Å². The molecule has 1 N–H and O–H groups in total. The molecule has 0 fully saturated rings. The number of rotatable bonds is 8. The van der Waals surface area contributed by atoms with E-state index in [2.05, 4.69) is 10.4 Å². The van der Waals surface area contributed by atoms with E-state index in [1.807, 2.05) is 37.3 Å². The molecule has 28 heavy (non-hydrogen) atoms. The fraction of sp³-hybridized carbons (Fsp3) is 0.286. The average Bonchev–Trinajstić information content (AvgIpc) is 2.73. The average molecular weight is 381 g/mol. The van der Waals surface area contributed by atoms with Gasteiger partial charge in [-0.15, -0.1) is 0 Å². The SMILES string of the molecule is CCCOc1ccc(CNC(=O)Cn2ncc3ccccc3c2=O)cc1OC. The monoisotopic (exact) mass is 381 g/mol. The first-order chi connectivity index (χ1) is 13.6. The quantitative estimate of drug-likeness (QED) is 0.648. The van der Waals surface area contributed by atoms with Crippen LogP contribution in [0.25, 0.3) is 10.8 Å². The Morgan fingerprint density at radius 2 is 2.00 bits per heavy atom. The summed E-state index contributed by atoms with van der Waals surface area (Å²) in [6.07, 6.45) is 2.49. The number of benzene rings is 2. The summed E-state index contributed by atoms with van der Waals surface area (Å²) in [6, 6.07) is 12.7. The lowest BCUT2D eigenvalue weighted by Gasteiger charge is -2.12. The van der Waals surface area contributed by atoms with Gasteiger partial charge in [0.15, 0.2) is 11.5 Å². The molecule has 0 aliphatic carbocycles. The number of ether oxygens (including phenoxy) is 2. The van der Waals surface area contributed by atoms with Gasteiger partial charge in [-0.3, -0.25) is 9.59 Å². The lowest BCUT2D eigenvalue weighted by Crippen LogP contribution is -2.33. The zero-order chi connectivity index (χ0) is 19.9. The van der Waals surface area contributed by atoms with Crippen molar-refractivity contribution in [3.05, 3.63) is 64.6 Å². The molecule has 0 unspecified atom stereocenters. The predicted molar refractivity (Wildman–Crippen MR) is 107 cm³/mol. The lowest BCUT2D eigenvalue weighted by molar-refractivity contribution is -0.122. The number of aromatic nitrogens is 2. The third-order valence-corrected chi connectivity index (χ3v) is 4.23. The summed E-state index contributed by atoms with van der Waals surface area (Å²) in [6.45, 7) is 2.82. The maximum absolute atomic E-state index is 12.4. The molecule has 1 heterocycles. The van der Waals surface area contributed by atoms with E-state index in [1.165, 1.54) is 4.68 Å². The first kappa shape index (κ1) is 19.4. The molecule has 3 aromatic rings. The highest BCUT2D eigenvalue weighted by Gasteiger charge is 2.10. The molecular formula is C21H23N3O4. The van der Waals surface area contributed by atoms with Gasteiger partial charge in [0.1, 0.15) is 6.54 Å². The Morgan fingerprint density at radius 1 is 1.18 bits per heavy atom. The zero-order valence-electron chi connectivity index (χ0n) is 16.0. The maximum Gasteiger partial charge on any atom is 0.275 e. The van der Waals surface area contributed by atoms with Crippen molar-refractivity contribution in [1.29, 1.82) is 0 Å². The summed E-state index contributed by atoms with van der Waals surface area (Å²) >= 11 is 0. The van der Waals surface area contributed by atoms with Gasteiger partial charge in [0, 0.05) is 11.9 Å². The molecule has 0 spiro atoms. The summed E-state index contributed by atoms with van der Waals surface area (Å²) in [5.74, 6) is 0.995. The highest BCUT2D eigenvalue weighted by atomic mass is 16.5. The Labute approximate surface area is 162 Å². The summed E-state index contributed by atoms with van der Waals surface area (Å²) in [5.41, 5.74) is 0.584. The van der Waals surface area contributed by atoms with E-state index >= 15 is 0 Å². The summed E-state index contributed by atoms with van der Waals surface area (Å²) < 4.78 is 12.1. The van der Waals surface area contributed by atoms with Gasteiger partial charge in [-0.1, -0.05) is 31.2 Å². The van der Waals surface area contributed by atoms with Crippen molar-refractivity contribution in [3.8, 4) is 11.5 Å². The van der Waals surface area contributed by atoms with Gasteiger partial charge in [0.2, 0.25) is 5.91 Å². The topological polar surface area (TPSA) is 82.5 Å². The summed E-state index contributed by atoms with van der Waals surface area (Å²) in [5, 5.41) is 8.17. The Balaban J connectivity index is 1.64. The Kier molecular flexibility index (Phi) is 6.26. The first-order valence-corrected chi connectivity index (χ1v) is 9.13. The van der Waals surface area contributed by atoms with Crippen LogP contribution >= 0.6 is 0 Å². The molecule has 146 valence electrons. The normalized spacial score (nSPS) is 10.6. The Morgan fingerprint density at radius 3 is 2.79 bits per heavy atom. The third-order valence-electron chi connectivity index (χ3n) is 4.23. The minimum Gasteiger partial charge on any atom is -0.493 e. The van der Waals surface area contributed by atoms with Crippen molar-refractivity contribution in [1.82, 2.24) is 15.1 Å². The third kappa shape index (κ3) is 4.49. The van der Waals surface area contributed by atoms with E-state index in [0.717, 1.165) is 17.4 Å².